The zero-order chi connectivity index (χ0) is 33.5. The molecule has 1 fully saturated rings. The number of nitrogens with one attached hydrogen (secondary N) is 1. The predicted molar refractivity (Wildman–Crippen MR) is 167 cm³/mol. The van der Waals surface area contributed by atoms with Crippen LogP contribution in [-0.4, -0.2) is 43.8 Å². The highest BCUT2D eigenvalue weighted by Gasteiger charge is 2.47. The fourth-order valence-electron chi connectivity index (χ4n) is 5.91. The Morgan fingerprint density at radius 1 is 1.13 bits per heavy atom. The van der Waals surface area contributed by atoms with E-state index in [4.69, 9.17) is 16.3 Å². The van der Waals surface area contributed by atoms with Gasteiger partial charge >= 0.3 is 5.97 Å². The third-order valence-corrected chi connectivity index (χ3v) is 8.29. The number of rotatable bonds is 8. The molecule has 3 heterocycles. The molecule has 0 unspecified atom stereocenters. The second-order valence-corrected chi connectivity index (χ2v) is 14.4. The lowest BCUT2D eigenvalue weighted by atomic mass is 9.71. The first kappa shape index (κ1) is 34.7. The van der Waals surface area contributed by atoms with Crippen LogP contribution in [0.2, 0.25) is 5.02 Å². The minimum Gasteiger partial charge on any atom is -0.460 e. The van der Waals surface area contributed by atoms with Crippen molar-refractivity contribution in [1.29, 1.82) is 0 Å². The highest BCUT2D eigenvalue weighted by molar-refractivity contribution is 6.30. The van der Waals surface area contributed by atoms with E-state index in [1.54, 1.807) is 43.7 Å². The van der Waals surface area contributed by atoms with Crippen molar-refractivity contribution in [3.05, 3.63) is 69.5 Å². The highest BCUT2D eigenvalue weighted by atomic mass is 35.5. The number of halogens is 5. The predicted octanol–water partition coefficient (Wildman–Crippen LogP) is 8.51. The van der Waals surface area contributed by atoms with Crippen molar-refractivity contribution in [2.75, 3.05) is 11.9 Å². The van der Waals surface area contributed by atoms with E-state index < -0.39 is 40.6 Å². The quantitative estimate of drug-likeness (QED) is 0.195. The number of benzene rings is 1. The number of aromatic nitrogens is 3. The van der Waals surface area contributed by atoms with Gasteiger partial charge in [-0.3, -0.25) is 14.4 Å². The topological polar surface area (TPSA) is 72.3 Å². The highest BCUT2D eigenvalue weighted by Crippen LogP contribution is 2.42. The summed E-state index contributed by atoms with van der Waals surface area (Å²) in [6, 6.07) is 7.25. The number of carbonyl (C=O) groups is 1. The van der Waals surface area contributed by atoms with Gasteiger partial charge in [0.25, 0.3) is 6.43 Å². The second kappa shape index (κ2) is 12.9. The van der Waals surface area contributed by atoms with Gasteiger partial charge in [0.05, 0.1) is 27.2 Å². The summed E-state index contributed by atoms with van der Waals surface area (Å²) in [6.07, 6.45) is -2.96. The third kappa shape index (κ3) is 7.98. The Kier molecular flexibility index (Phi) is 9.95. The van der Waals surface area contributed by atoms with Gasteiger partial charge in [-0.25, -0.2) is 22.5 Å². The number of nitrogens with zero attached hydrogens (tertiary/aromatic N) is 4. The van der Waals surface area contributed by atoms with Crippen molar-refractivity contribution >= 4 is 29.2 Å². The number of piperidine rings is 1. The molecule has 7 nitrogen and oxygen atoms in total. The molecular weight excluding hydrogens is 610 g/mol. The Morgan fingerprint density at radius 2 is 1.82 bits per heavy atom. The van der Waals surface area contributed by atoms with Crippen LogP contribution in [0.25, 0.3) is 0 Å². The molecule has 0 radical (unpaired) electrons. The third-order valence-electron chi connectivity index (χ3n) is 8.00. The molecule has 1 N–H and O–H groups in total. The lowest BCUT2D eigenvalue weighted by Crippen LogP contribution is -2.51. The van der Waals surface area contributed by atoms with Crippen molar-refractivity contribution in [3.8, 4) is 0 Å². The fourth-order valence-corrected chi connectivity index (χ4v) is 6.11. The van der Waals surface area contributed by atoms with Gasteiger partial charge in [-0.05, 0) is 86.9 Å². The van der Waals surface area contributed by atoms with E-state index >= 15 is 4.39 Å². The van der Waals surface area contributed by atoms with Crippen LogP contribution >= 0.6 is 11.6 Å². The van der Waals surface area contributed by atoms with E-state index in [0.29, 0.717) is 17.9 Å². The van der Waals surface area contributed by atoms with E-state index in [9.17, 15) is 18.0 Å². The van der Waals surface area contributed by atoms with Crippen LogP contribution in [0, 0.1) is 24.0 Å². The van der Waals surface area contributed by atoms with Gasteiger partial charge in [0, 0.05) is 36.3 Å². The Bertz CT molecular complexity index is 1550. The largest absolute Gasteiger partial charge is 0.460 e. The number of ether oxygens (including phenoxy) is 1. The molecule has 0 aliphatic carbocycles. The SMILES string of the molecule is Cc1cc(Nc2cc(C(F)F)c(F)c(C[C@@]3(C(=O)OC(C)(C)C)CCN(Cc4cccc(Cl)c4F)[C@H](C)C3)n2)nn1C(C)(C)C. The summed E-state index contributed by atoms with van der Waals surface area (Å²) in [7, 11) is 0. The number of esters is 1. The van der Waals surface area contributed by atoms with Gasteiger partial charge in [-0.2, -0.15) is 5.10 Å². The van der Waals surface area contributed by atoms with E-state index in [0.717, 1.165) is 11.8 Å². The maximum absolute atomic E-state index is 15.7. The summed E-state index contributed by atoms with van der Waals surface area (Å²) in [5, 5.41) is 7.51. The number of hydrogen-bond acceptors (Lipinski definition) is 6. The van der Waals surface area contributed by atoms with Gasteiger partial charge in [-0.15, -0.1) is 0 Å². The van der Waals surface area contributed by atoms with Crippen molar-refractivity contribution in [2.45, 2.75) is 105 Å². The van der Waals surface area contributed by atoms with Crippen LogP contribution in [0.4, 0.5) is 29.2 Å². The number of aryl methyl sites for hydroxylation is 1. The minimum atomic E-state index is -3.12. The summed E-state index contributed by atoms with van der Waals surface area (Å²) in [5.74, 6) is -1.88. The van der Waals surface area contributed by atoms with Gasteiger partial charge in [0.1, 0.15) is 17.2 Å². The second-order valence-electron chi connectivity index (χ2n) is 14.0. The van der Waals surface area contributed by atoms with Crippen LogP contribution in [0.15, 0.2) is 30.3 Å². The Labute approximate surface area is 267 Å². The molecule has 4 rings (SSSR count). The van der Waals surface area contributed by atoms with Gasteiger partial charge in [0.2, 0.25) is 0 Å². The first-order chi connectivity index (χ1) is 20.8. The molecule has 2 aromatic heterocycles. The fraction of sp³-hybridized carbons (Fsp3) is 0.545. The lowest BCUT2D eigenvalue weighted by molar-refractivity contribution is -0.172. The van der Waals surface area contributed by atoms with E-state index in [-0.39, 0.29) is 53.9 Å². The maximum Gasteiger partial charge on any atom is 0.313 e. The molecular formula is C33H42ClF4N5O2. The summed E-state index contributed by atoms with van der Waals surface area (Å²) >= 11 is 5.99. The summed E-state index contributed by atoms with van der Waals surface area (Å²) in [6.45, 7) is 15.5. The first-order valence-corrected chi connectivity index (χ1v) is 15.4. The molecule has 0 saturated carbocycles. The van der Waals surface area contributed by atoms with Crippen LogP contribution in [0.1, 0.15) is 90.2 Å². The standard InChI is InChI=1S/C33H42ClF4N5O2/c1-19-14-26(41-43(19)31(3,4)5)40-25-15-22(29(37)38)28(36)24(39-25)17-33(30(44)45-32(6,7)8)12-13-42(20(2)16-33)18-21-10-9-11-23(34)27(21)35/h9-11,14-15,20,29H,12-13,16-18H2,1-8H3,(H,39,40,41)/t20-,33-/m1/s1. The Balaban J connectivity index is 1.70. The van der Waals surface area contributed by atoms with E-state index in [1.807, 2.05) is 39.5 Å². The van der Waals surface area contributed by atoms with Gasteiger partial charge in [0.15, 0.2) is 11.6 Å². The molecule has 0 bridgehead atoms. The van der Waals surface area contributed by atoms with Crippen molar-refractivity contribution in [1.82, 2.24) is 19.7 Å². The molecule has 0 spiro atoms. The molecule has 0 amide bonds. The number of anilines is 2. The average molecular weight is 652 g/mol. The van der Waals surface area contributed by atoms with Crippen LogP contribution in [-0.2, 0) is 28.0 Å². The van der Waals surface area contributed by atoms with Crippen molar-refractivity contribution in [3.63, 3.8) is 0 Å². The molecule has 2 atom stereocenters. The molecule has 246 valence electrons. The number of carbonyl (C=O) groups excluding carboxylic acids is 1. The number of hydrogen-bond donors (Lipinski definition) is 1. The van der Waals surface area contributed by atoms with Crippen molar-refractivity contribution in [2.24, 2.45) is 5.41 Å². The van der Waals surface area contributed by atoms with Crippen molar-refractivity contribution < 1.29 is 27.1 Å². The summed E-state index contributed by atoms with van der Waals surface area (Å²) < 4.78 is 66.3. The monoisotopic (exact) mass is 651 g/mol. The zero-order valence-electron chi connectivity index (χ0n) is 27.1. The van der Waals surface area contributed by atoms with E-state index in [2.05, 4.69) is 15.4 Å². The average Bonchev–Trinajstić information content (AvgIpc) is 3.29. The van der Waals surface area contributed by atoms with Gasteiger partial charge < -0.3 is 10.1 Å². The number of likely N-dealkylation sites (tertiary alicyclic amines) is 1. The molecule has 1 saturated heterocycles. The van der Waals surface area contributed by atoms with Crippen LogP contribution < -0.4 is 5.32 Å². The Hall–Kier alpha value is -3.18. The van der Waals surface area contributed by atoms with Gasteiger partial charge in [-0.1, -0.05) is 23.7 Å². The molecule has 1 aliphatic rings. The van der Waals surface area contributed by atoms with Crippen LogP contribution in [0.5, 0.6) is 0 Å². The van der Waals surface area contributed by atoms with E-state index in [1.165, 1.54) is 6.07 Å². The van der Waals surface area contributed by atoms with Crippen LogP contribution in [0.3, 0.4) is 0 Å². The smallest absolute Gasteiger partial charge is 0.313 e. The molecule has 1 aliphatic heterocycles. The Morgan fingerprint density at radius 3 is 2.40 bits per heavy atom. The normalized spacial score (nSPS) is 19.6. The molecule has 45 heavy (non-hydrogen) atoms. The molecule has 1 aromatic carbocycles. The first-order valence-electron chi connectivity index (χ1n) is 15.0. The lowest BCUT2D eigenvalue weighted by Gasteiger charge is -2.45. The summed E-state index contributed by atoms with van der Waals surface area (Å²) in [4.78, 5) is 20.3. The molecule has 12 heteroatoms. The number of pyridine rings is 1. The maximum atomic E-state index is 15.7. The zero-order valence-corrected chi connectivity index (χ0v) is 27.8. The number of alkyl halides is 2. The molecule has 3 aromatic rings. The summed E-state index contributed by atoms with van der Waals surface area (Å²) in [5.41, 5.74) is -2.29. The minimum absolute atomic E-state index is 0.0125.